The summed E-state index contributed by atoms with van der Waals surface area (Å²) in [4.78, 5) is 28.0. The van der Waals surface area contributed by atoms with Crippen LogP contribution in [0.15, 0.2) is 0 Å². The molecule has 0 aromatic rings. The van der Waals surface area contributed by atoms with Crippen LogP contribution in [0.2, 0.25) is 0 Å². The smallest absolute Gasteiger partial charge is 0.302 e. The zero-order chi connectivity index (χ0) is 12.0. The van der Waals surface area contributed by atoms with Gasteiger partial charge in [-0.05, 0) is 13.8 Å². The molecule has 5 nitrogen and oxygen atoms in total. The first-order valence-electron chi connectivity index (χ1n) is 4.16. The number of rotatable bonds is 2. The molecule has 0 unspecified atom stereocenters. The van der Waals surface area contributed by atoms with Crippen LogP contribution in [0.25, 0.3) is 0 Å². The molecule has 0 atom stereocenters. The maximum Gasteiger partial charge on any atom is 0.302 e. The highest BCUT2D eigenvalue weighted by molar-refractivity contribution is 5.74. The van der Waals surface area contributed by atoms with Crippen LogP contribution < -0.4 is 0 Å². The highest BCUT2D eigenvalue weighted by Gasteiger charge is 1.81. The molecule has 0 spiro atoms. The number of hydrogen-bond donors (Lipinski definition) is 1. The minimum Gasteiger partial charge on any atom is -0.483 e. The molecule has 0 rings (SSSR count). The summed E-state index contributed by atoms with van der Waals surface area (Å²) in [7, 11) is 0. The Hall–Kier alpha value is -1.39. The van der Waals surface area contributed by atoms with Crippen LogP contribution in [-0.4, -0.2) is 29.9 Å². The van der Waals surface area contributed by atoms with Crippen molar-refractivity contribution in [3.63, 3.8) is 0 Å². The molecule has 0 aromatic carbocycles. The molecule has 0 aliphatic rings. The van der Waals surface area contributed by atoms with Crippen LogP contribution in [0, 0.1) is 0 Å². The fraction of sp³-hybridized carbons (Fsp3) is 0.667. The average molecular weight is 206 g/mol. The van der Waals surface area contributed by atoms with Crippen LogP contribution >= 0.6 is 0 Å². The van der Waals surface area contributed by atoms with Crippen LogP contribution in [0.1, 0.15) is 34.1 Å². The van der Waals surface area contributed by atoms with Crippen molar-refractivity contribution in [3.8, 4) is 0 Å². The number of carboxylic acid groups (broad SMARTS) is 1. The number of carbonyl (C=O) groups is 3. The maximum atomic E-state index is 9.82. The van der Waals surface area contributed by atoms with E-state index in [0.29, 0.717) is 13.0 Å². The molecule has 0 heterocycles. The van der Waals surface area contributed by atoms with E-state index in [9.17, 15) is 9.59 Å². The van der Waals surface area contributed by atoms with Gasteiger partial charge in [-0.3, -0.25) is 9.59 Å². The Kier molecular flexibility index (Phi) is 23.2. The van der Waals surface area contributed by atoms with Crippen molar-refractivity contribution in [2.24, 2.45) is 0 Å². The predicted octanol–water partition coefficient (Wildman–Crippen LogP) is 1.26. The minimum absolute atomic E-state index is 0.211. The third-order valence-corrected chi connectivity index (χ3v) is 0.845. The van der Waals surface area contributed by atoms with E-state index in [1.807, 2.05) is 6.92 Å². The van der Waals surface area contributed by atoms with Crippen molar-refractivity contribution >= 4 is 18.2 Å². The molecule has 0 fully saturated rings. The maximum absolute atomic E-state index is 9.82. The molecular formula is C9H18O5. The summed E-state index contributed by atoms with van der Waals surface area (Å²) in [6.45, 7) is 6.84. The average Bonchev–Trinajstić information content (AvgIpc) is 2.06. The van der Waals surface area contributed by atoms with Crippen LogP contribution in [0.5, 0.6) is 0 Å². The molecule has 0 aliphatic carbocycles. The van der Waals surface area contributed by atoms with Gasteiger partial charge in [0.05, 0.1) is 6.61 Å². The summed E-state index contributed by atoms with van der Waals surface area (Å²) in [5.41, 5.74) is 0. The summed E-state index contributed by atoms with van der Waals surface area (Å²) in [5, 5.41) is 6.89. The SMILES string of the molecule is CCC(C)=O.CCOC(C)=O.O=CO. The van der Waals surface area contributed by atoms with Gasteiger partial charge in [0, 0.05) is 13.3 Å². The number of hydrogen-bond acceptors (Lipinski definition) is 4. The first-order chi connectivity index (χ1) is 6.45. The summed E-state index contributed by atoms with van der Waals surface area (Å²) >= 11 is 0. The molecule has 0 aliphatic heterocycles. The lowest BCUT2D eigenvalue weighted by Gasteiger charge is -1.89. The Labute approximate surface area is 84.1 Å². The standard InChI is InChI=1S/C4H8O2.C4H8O.CH2O2/c1-3-6-4(2)5;1-3-4(2)5;2-1-3/h3H2,1-2H3;3H2,1-2H3;1H,(H,2,3). The third kappa shape index (κ3) is 75.2. The van der Waals surface area contributed by atoms with E-state index in [-0.39, 0.29) is 18.2 Å². The van der Waals surface area contributed by atoms with E-state index in [1.54, 1.807) is 13.8 Å². The molecule has 84 valence electrons. The number of esters is 1. The van der Waals surface area contributed by atoms with Gasteiger partial charge in [-0.15, -0.1) is 0 Å². The fourth-order valence-electron chi connectivity index (χ4n) is 0.203. The Morgan fingerprint density at radius 1 is 1.29 bits per heavy atom. The second-order valence-electron chi connectivity index (χ2n) is 2.09. The van der Waals surface area contributed by atoms with Crippen LogP contribution in [0.4, 0.5) is 0 Å². The van der Waals surface area contributed by atoms with Gasteiger partial charge in [0.1, 0.15) is 5.78 Å². The van der Waals surface area contributed by atoms with Crippen molar-refractivity contribution in [2.45, 2.75) is 34.1 Å². The molecule has 5 heteroatoms. The van der Waals surface area contributed by atoms with Crippen molar-refractivity contribution in [1.29, 1.82) is 0 Å². The lowest BCUT2D eigenvalue weighted by Crippen LogP contribution is -1.95. The Bertz CT molecular complexity index is 153. The normalized spacial score (nSPS) is 6.86. The third-order valence-electron chi connectivity index (χ3n) is 0.845. The van der Waals surface area contributed by atoms with Gasteiger partial charge in [-0.25, -0.2) is 0 Å². The molecular weight excluding hydrogens is 188 g/mol. The minimum atomic E-state index is -0.250. The van der Waals surface area contributed by atoms with Gasteiger partial charge in [0.15, 0.2) is 0 Å². The van der Waals surface area contributed by atoms with E-state index in [2.05, 4.69) is 4.74 Å². The van der Waals surface area contributed by atoms with Gasteiger partial charge in [-0.2, -0.15) is 0 Å². The molecule has 0 bridgehead atoms. The van der Waals surface area contributed by atoms with Crippen molar-refractivity contribution in [3.05, 3.63) is 0 Å². The number of carbonyl (C=O) groups excluding carboxylic acids is 2. The van der Waals surface area contributed by atoms with Gasteiger partial charge in [0.2, 0.25) is 0 Å². The largest absolute Gasteiger partial charge is 0.483 e. The first-order valence-corrected chi connectivity index (χ1v) is 4.16. The van der Waals surface area contributed by atoms with Gasteiger partial charge in [-0.1, -0.05) is 6.92 Å². The molecule has 0 saturated carbocycles. The first kappa shape index (κ1) is 18.4. The molecule has 14 heavy (non-hydrogen) atoms. The zero-order valence-corrected chi connectivity index (χ0v) is 9.07. The fourth-order valence-corrected chi connectivity index (χ4v) is 0.203. The van der Waals surface area contributed by atoms with Gasteiger partial charge >= 0.3 is 5.97 Å². The van der Waals surface area contributed by atoms with E-state index >= 15 is 0 Å². The van der Waals surface area contributed by atoms with Crippen molar-refractivity contribution in [2.75, 3.05) is 6.61 Å². The van der Waals surface area contributed by atoms with E-state index in [1.165, 1.54) is 6.92 Å². The molecule has 1 N–H and O–H groups in total. The second-order valence-corrected chi connectivity index (χ2v) is 2.09. The van der Waals surface area contributed by atoms with Crippen molar-refractivity contribution in [1.82, 2.24) is 0 Å². The molecule has 0 amide bonds. The van der Waals surface area contributed by atoms with E-state index in [0.717, 1.165) is 0 Å². The second kappa shape index (κ2) is 17.6. The van der Waals surface area contributed by atoms with Crippen LogP contribution in [-0.2, 0) is 19.1 Å². The predicted molar refractivity (Wildman–Crippen MR) is 52.0 cm³/mol. The van der Waals surface area contributed by atoms with E-state index < -0.39 is 0 Å². The summed E-state index contributed by atoms with van der Waals surface area (Å²) in [5.74, 6) is 0.0440. The number of ketones is 1. The van der Waals surface area contributed by atoms with Gasteiger partial charge < -0.3 is 14.6 Å². The zero-order valence-electron chi connectivity index (χ0n) is 9.07. The lowest BCUT2D eigenvalue weighted by atomic mass is 10.4. The highest BCUT2D eigenvalue weighted by Crippen LogP contribution is 1.71. The molecule has 0 saturated heterocycles. The monoisotopic (exact) mass is 206 g/mol. The topological polar surface area (TPSA) is 80.7 Å². The molecule has 0 radical (unpaired) electrons. The number of ether oxygens (including phenoxy) is 1. The summed E-state index contributed by atoms with van der Waals surface area (Å²) in [6, 6.07) is 0. The Morgan fingerprint density at radius 2 is 1.57 bits per heavy atom. The highest BCUT2D eigenvalue weighted by atomic mass is 16.5. The number of Topliss-reactive ketones (excluding diaryl/α,β-unsaturated/α-hetero) is 1. The quantitative estimate of drug-likeness (QED) is 0.543. The summed E-state index contributed by atoms with van der Waals surface area (Å²) < 4.78 is 4.40. The Balaban J connectivity index is -0.000000138. The Morgan fingerprint density at radius 3 is 1.57 bits per heavy atom. The lowest BCUT2D eigenvalue weighted by molar-refractivity contribution is -0.140. The van der Waals surface area contributed by atoms with E-state index in [4.69, 9.17) is 9.90 Å². The van der Waals surface area contributed by atoms with Crippen LogP contribution in [0.3, 0.4) is 0 Å². The van der Waals surface area contributed by atoms with Crippen molar-refractivity contribution < 1.29 is 24.2 Å². The molecule has 0 aromatic heterocycles. The summed E-state index contributed by atoms with van der Waals surface area (Å²) in [6.07, 6.45) is 0.667. The van der Waals surface area contributed by atoms with Gasteiger partial charge in [0.25, 0.3) is 6.47 Å².